The van der Waals surface area contributed by atoms with E-state index >= 15 is 0 Å². The molecule has 3 nitrogen and oxygen atoms in total. The van der Waals surface area contributed by atoms with Gasteiger partial charge >= 0.3 is 6.08 Å². The molecular formula is C10H17NO2. The first-order valence-corrected chi connectivity index (χ1v) is 4.56. The minimum absolute atomic E-state index is 0.344. The predicted octanol–water partition coefficient (Wildman–Crippen LogP) is 2.48. The molecule has 13 heavy (non-hydrogen) atoms. The fourth-order valence-electron chi connectivity index (χ4n) is 1.41. The highest BCUT2D eigenvalue weighted by Gasteiger charge is 2.35. The van der Waals surface area contributed by atoms with E-state index in [4.69, 9.17) is 9.47 Å². The van der Waals surface area contributed by atoms with Crippen molar-refractivity contribution in [1.82, 2.24) is 0 Å². The molecule has 0 unspecified atom stereocenters. The minimum atomic E-state index is -0.344. The zero-order valence-corrected chi connectivity index (χ0v) is 8.97. The van der Waals surface area contributed by atoms with Gasteiger partial charge in [-0.3, -0.25) is 0 Å². The average molecular weight is 183 g/mol. The van der Waals surface area contributed by atoms with Crippen LogP contribution in [0.15, 0.2) is 16.3 Å². The Kier molecular flexibility index (Phi) is 2.64. The Morgan fingerprint density at radius 3 is 2.46 bits per heavy atom. The number of allylic oxidation sites excluding steroid dienone is 1. The maximum absolute atomic E-state index is 5.53. The van der Waals surface area contributed by atoms with E-state index < -0.39 is 0 Å². The van der Waals surface area contributed by atoms with Crippen LogP contribution in [0.1, 0.15) is 34.6 Å². The maximum Gasteiger partial charge on any atom is 0.389 e. The molecule has 1 aliphatic heterocycles. The summed E-state index contributed by atoms with van der Waals surface area (Å²) in [6.07, 6.45) is 0.392. The predicted molar refractivity (Wildman–Crippen MR) is 52.6 cm³/mol. The van der Waals surface area contributed by atoms with E-state index in [1.165, 1.54) is 5.57 Å². The molecule has 0 aromatic carbocycles. The molecule has 0 N–H and O–H groups in total. The molecule has 0 fully saturated rings. The van der Waals surface area contributed by atoms with Gasteiger partial charge in [0.15, 0.2) is 5.60 Å². The van der Waals surface area contributed by atoms with Crippen molar-refractivity contribution in [1.29, 1.82) is 0 Å². The lowest BCUT2D eigenvalue weighted by molar-refractivity contribution is 0.0944. The Morgan fingerprint density at radius 1 is 1.46 bits per heavy atom. The van der Waals surface area contributed by atoms with Gasteiger partial charge in [-0.2, -0.15) is 4.99 Å². The first-order chi connectivity index (χ1) is 5.97. The van der Waals surface area contributed by atoms with Gasteiger partial charge in [0.05, 0.1) is 12.3 Å². The summed E-state index contributed by atoms with van der Waals surface area (Å²) >= 11 is 0. The van der Waals surface area contributed by atoms with E-state index in [0.29, 0.717) is 12.7 Å². The number of rotatable bonds is 1. The van der Waals surface area contributed by atoms with Gasteiger partial charge in [0.2, 0.25) is 0 Å². The Labute approximate surface area is 79.5 Å². The van der Waals surface area contributed by atoms with E-state index in [2.05, 4.69) is 4.99 Å². The summed E-state index contributed by atoms with van der Waals surface area (Å²) in [5, 5.41) is 0. The summed E-state index contributed by atoms with van der Waals surface area (Å²) in [5.74, 6) is 0. The third-order valence-corrected chi connectivity index (χ3v) is 1.86. The number of aliphatic imine (C=N–C) groups is 1. The Morgan fingerprint density at radius 2 is 2.08 bits per heavy atom. The smallest absolute Gasteiger partial charge is 0.389 e. The SMILES string of the molecule is CCOC1=NC(=C(C)C)C(C)(C)O1. The highest BCUT2D eigenvalue weighted by molar-refractivity contribution is 5.72. The van der Waals surface area contributed by atoms with E-state index in [9.17, 15) is 0 Å². The molecule has 0 atom stereocenters. The molecule has 1 heterocycles. The van der Waals surface area contributed by atoms with Crippen molar-refractivity contribution >= 4 is 6.08 Å². The summed E-state index contributed by atoms with van der Waals surface area (Å²) in [6.45, 7) is 10.5. The number of nitrogens with zero attached hydrogens (tertiary/aromatic N) is 1. The summed E-state index contributed by atoms with van der Waals surface area (Å²) in [4.78, 5) is 4.28. The van der Waals surface area contributed by atoms with Crippen LogP contribution in [0.2, 0.25) is 0 Å². The van der Waals surface area contributed by atoms with Gasteiger partial charge in [0.25, 0.3) is 0 Å². The molecule has 74 valence electrons. The van der Waals surface area contributed by atoms with Gasteiger partial charge in [-0.15, -0.1) is 0 Å². The molecule has 0 spiro atoms. The third kappa shape index (κ3) is 2.02. The molecule has 0 aromatic heterocycles. The maximum atomic E-state index is 5.53. The largest absolute Gasteiger partial charge is 0.451 e. The second-order valence-corrected chi connectivity index (χ2v) is 3.77. The van der Waals surface area contributed by atoms with Crippen molar-refractivity contribution < 1.29 is 9.47 Å². The molecule has 1 rings (SSSR count). The molecule has 1 aliphatic rings. The van der Waals surface area contributed by atoms with Gasteiger partial charge < -0.3 is 9.47 Å². The quantitative estimate of drug-likeness (QED) is 0.625. The second-order valence-electron chi connectivity index (χ2n) is 3.77. The van der Waals surface area contributed by atoms with E-state index in [0.717, 1.165) is 5.70 Å². The number of hydrogen-bond donors (Lipinski definition) is 0. The van der Waals surface area contributed by atoms with Crippen LogP contribution < -0.4 is 0 Å². The first kappa shape index (κ1) is 10.1. The Balaban J connectivity index is 2.90. The summed E-state index contributed by atoms with van der Waals surface area (Å²) in [7, 11) is 0. The molecule has 0 saturated carbocycles. The fraction of sp³-hybridized carbons (Fsp3) is 0.700. The molecular weight excluding hydrogens is 166 g/mol. The molecule has 0 radical (unpaired) electrons. The van der Waals surface area contributed by atoms with E-state index in [1.807, 2.05) is 34.6 Å². The van der Waals surface area contributed by atoms with Crippen molar-refractivity contribution in [2.24, 2.45) is 4.99 Å². The van der Waals surface area contributed by atoms with Crippen molar-refractivity contribution in [3.63, 3.8) is 0 Å². The van der Waals surface area contributed by atoms with Crippen LogP contribution >= 0.6 is 0 Å². The second kappa shape index (κ2) is 3.40. The van der Waals surface area contributed by atoms with Crippen LogP contribution in [0.5, 0.6) is 0 Å². The van der Waals surface area contributed by atoms with Crippen LogP contribution in [0, 0.1) is 0 Å². The van der Waals surface area contributed by atoms with Crippen molar-refractivity contribution in [3.8, 4) is 0 Å². The van der Waals surface area contributed by atoms with Gasteiger partial charge in [0, 0.05) is 0 Å². The van der Waals surface area contributed by atoms with Gasteiger partial charge in [-0.25, -0.2) is 0 Å². The minimum Gasteiger partial charge on any atom is -0.451 e. The number of hydrogen-bond acceptors (Lipinski definition) is 3. The standard InChI is InChI=1S/C10H17NO2/c1-6-12-9-11-8(7(2)3)10(4,5)13-9/h6H2,1-5H3. The molecule has 0 aliphatic carbocycles. The topological polar surface area (TPSA) is 30.8 Å². The van der Waals surface area contributed by atoms with Crippen LogP contribution in [0.25, 0.3) is 0 Å². The van der Waals surface area contributed by atoms with Crippen LogP contribution in [-0.4, -0.2) is 18.3 Å². The van der Waals surface area contributed by atoms with E-state index in [1.54, 1.807) is 0 Å². The molecule has 0 aromatic rings. The van der Waals surface area contributed by atoms with Crippen LogP contribution in [0.3, 0.4) is 0 Å². The summed E-state index contributed by atoms with van der Waals surface area (Å²) < 4.78 is 10.7. The van der Waals surface area contributed by atoms with Crippen molar-refractivity contribution in [2.45, 2.75) is 40.2 Å². The molecule has 0 saturated heterocycles. The summed E-state index contributed by atoms with van der Waals surface area (Å²) in [6, 6.07) is 0. The Hall–Kier alpha value is -0.990. The van der Waals surface area contributed by atoms with Crippen molar-refractivity contribution in [2.75, 3.05) is 6.61 Å². The lowest BCUT2D eigenvalue weighted by Gasteiger charge is -2.19. The molecule has 0 amide bonds. The fourth-order valence-corrected chi connectivity index (χ4v) is 1.41. The highest BCUT2D eigenvalue weighted by Crippen LogP contribution is 2.31. The molecule has 3 heteroatoms. The average Bonchev–Trinajstić information content (AvgIpc) is 2.26. The van der Waals surface area contributed by atoms with Crippen LogP contribution in [0.4, 0.5) is 0 Å². The molecule has 0 bridgehead atoms. The van der Waals surface area contributed by atoms with Gasteiger partial charge in [0.1, 0.15) is 0 Å². The zero-order valence-electron chi connectivity index (χ0n) is 8.97. The number of ether oxygens (including phenoxy) is 2. The summed E-state index contributed by atoms with van der Waals surface area (Å²) in [5.41, 5.74) is 1.79. The Bertz CT molecular complexity index is 260. The van der Waals surface area contributed by atoms with Crippen LogP contribution in [-0.2, 0) is 9.47 Å². The van der Waals surface area contributed by atoms with Crippen molar-refractivity contribution in [3.05, 3.63) is 11.3 Å². The normalized spacial score (nSPS) is 19.5. The lowest BCUT2D eigenvalue weighted by atomic mass is 10.0. The first-order valence-electron chi connectivity index (χ1n) is 4.56. The lowest BCUT2D eigenvalue weighted by Crippen LogP contribution is -2.24. The highest BCUT2D eigenvalue weighted by atomic mass is 16.7. The monoisotopic (exact) mass is 183 g/mol. The zero-order chi connectivity index (χ0) is 10.1. The third-order valence-electron chi connectivity index (χ3n) is 1.86. The van der Waals surface area contributed by atoms with E-state index in [-0.39, 0.29) is 5.60 Å². The van der Waals surface area contributed by atoms with Gasteiger partial charge in [-0.05, 0) is 34.6 Å². The van der Waals surface area contributed by atoms with Gasteiger partial charge in [-0.1, -0.05) is 5.57 Å².